The van der Waals surface area contributed by atoms with Crippen LogP contribution in [0.25, 0.3) is 5.52 Å². The van der Waals surface area contributed by atoms with Crippen molar-refractivity contribution in [2.45, 2.75) is 46.8 Å². The van der Waals surface area contributed by atoms with Crippen LogP contribution in [0.15, 0.2) is 28.1 Å². The Bertz CT molecular complexity index is 993. The smallest absolute Gasteiger partial charge is 0.415 e. The summed E-state index contributed by atoms with van der Waals surface area (Å²) < 4.78 is 8.39. The second kappa shape index (κ2) is 7.45. The number of ether oxygens (including phenoxy) is 1. The van der Waals surface area contributed by atoms with Gasteiger partial charge in [-0.2, -0.15) is 5.10 Å². The number of aryl methyl sites for hydroxylation is 2. The minimum atomic E-state index is -0.606. The van der Waals surface area contributed by atoms with E-state index in [-0.39, 0.29) is 0 Å². The maximum absolute atomic E-state index is 13.1. The Labute approximate surface area is 176 Å². The predicted octanol–water partition coefficient (Wildman–Crippen LogP) is 6.37. The van der Waals surface area contributed by atoms with E-state index in [1.165, 1.54) is 0 Å². The second-order valence-corrected chi connectivity index (χ2v) is 9.50. The highest BCUT2D eigenvalue weighted by atomic mass is 79.9. The molecule has 0 aliphatic heterocycles. The molecule has 1 amide bonds. The minimum Gasteiger partial charge on any atom is -0.443 e. The van der Waals surface area contributed by atoms with Crippen LogP contribution in [0.2, 0.25) is 5.15 Å². The number of carbonyl (C=O) groups excluding carboxylic acids is 1. The highest BCUT2D eigenvalue weighted by Gasteiger charge is 2.28. The Kier molecular flexibility index (Phi) is 5.57. The summed E-state index contributed by atoms with van der Waals surface area (Å²) in [5.41, 5.74) is 2.80. The van der Waals surface area contributed by atoms with Crippen LogP contribution >= 0.6 is 38.9 Å². The van der Waals surface area contributed by atoms with Crippen LogP contribution in [-0.2, 0) is 11.3 Å². The first-order valence-corrected chi connectivity index (χ1v) is 10.5. The third-order valence-electron chi connectivity index (χ3n) is 4.02. The lowest BCUT2D eigenvalue weighted by molar-refractivity contribution is 0.0578. The molecule has 5 nitrogen and oxygen atoms in total. The largest absolute Gasteiger partial charge is 0.443 e. The topological polar surface area (TPSA) is 46.8 Å². The molecule has 0 saturated heterocycles. The van der Waals surface area contributed by atoms with Gasteiger partial charge in [0.15, 0.2) is 5.15 Å². The number of nitrogens with zero attached hydrogens (tertiary/aromatic N) is 3. The maximum Gasteiger partial charge on any atom is 0.415 e. The third kappa shape index (κ3) is 4.15. The number of carbonyl (C=O) groups is 1. The van der Waals surface area contributed by atoms with Crippen molar-refractivity contribution in [2.24, 2.45) is 0 Å². The Morgan fingerprint density at radius 1 is 1.41 bits per heavy atom. The van der Waals surface area contributed by atoms with Gasteiger partial charge in [0.1, 0.15) is 5.60 Å². The van der Waals surface area contributed by atoms with Crippen molar-refractivity contribution in [2.75, 3.05) is 4.90 Å². The molecule has 27 heavy (non-hydrogen) atoms. The molecule has 0 atom stereocenters. The Morgan fingerprint density at radius 3 is 2.70 bits per heavy atom. The number of hydrogen-bond donors (Lipinski definition) is 0. The van der Waals surface area contributed by atoms with Gasteiger partial charge in [-0.3, -0.25) is 4.90 Å². The molecule has 0 spiro atoms. The number of halogens is 2. The van der Waals surface area contributed by atoms with Gasteiger partial charge in [0.2, 0.25) is 0 Å². The van der Waals surface area contributed by atoms with Crippen molar-refractivity contribution in [3.8, 4) is 0 Å². The van der Waals surface area contributed by atoms with E-state index < -0.39 is 11.7 Å². The van der Waals surface area contributed by atoms with Gasteiger partial charge in [0, 0.05) is 15.4 Å². The lowest BCUT2D eigenvalue weighted by Gasteiger charge is -2.28. The quantitative estimate of drug-likeness (QED) is 0.447. The first-order chi connectivity index (χ1) is 12.6. The number of amides is 1. The molecular weight excluding hydrogens is 450 g/mol. The van der Waals surface area contributed by atoms with Gasteiger partial charge in [-0.05, 0) is 67.6 Å². The normalized spacial score (nSPS) is 11.8. The van der Waals surface area contributed by atoms with Gasteiger partial charge >= 0.3 is 6.09 Å². The number of aromatic nitrogens is 2. The first-order valence-electron chi connectivity index (χ1n) is 8.45. The van der Waals surface area contributed by atoms with E-state index in [0.717, 1.165) is 26.1 Å². The van der Waals surface area contributed by atoms with Crippen LogP contribution < -0.4 is 4.90 Å². The zero-order valence-corrected chi connectivity index (χ0v) is 19.0. The predicted molar refractivity (Wildman–Crippen MR) is 114 cm³/mol. The van der Waals surface area contributed by atoms with Crippen molar-refractivity contribution in [3.63, 3.8) is 0 Å². The van der Waals surface area contributed by atoms with Gasteiger partial charge in [0.25, 0.3) is 0 Å². The minimum absolute atomic E-state index is 0.308. The molecule has 0 unspecified atom stereocenters. The number of thiophene rings is 1. The third-order valence-corrected chi connectivity index (χ3v) is 6.24. The molecular formula is C19H21BrClN3O2S. The molecule has 0 saturated carbocycles. The van der Waals surface area contributed by atoms with E-state index in [0.29, 0.717) is 17.4 Å². The number of rotatable bonds is 3. The van der Waals surface area contributed by atoms with Crippen LogP contribution in [0.1, 0.15) is 36.9 Å². The van der Waals surface area contributed by atoms with Crippen molar-refractivity contribution >= 4 is 56.2 Å². The summed E-state index contributed by atoms with van der Waals surface area (Å²) in [6.45, 7) is 9.90. The van der Waals surface area contributed by atoms with Crippen molar-refractivity contribution < 1.29 is 9.53 Å². The number of hydrogen-bond acceptors (Lipinski definition) is 4. The van der Waals surface area contributed by atoms with Crippen LogP contribution in [0.3, 0.4) is 0 Å². The van der Waals surface area contributed by atoms with Crippen LogP contribution in [0, 0.1) is 13.8 Å². The average molecular weight is 471 g/mol. The highest BCUT2D eigenvalue weighted by molar-refractivity contribution is 9.10. The second-order valence-electron chi connectivity index (χ2n) is 7.28. The van der Waals surface area contributed by atoms with Gasteiger partial charge in [-0.25, -0.2) is 9.31 Å². The number of anilines is 1. The molecule has 0 fully saturated rings. The van der Waals surface area contributed by atoms with E-state index in [1.54, 1.807) is 26.8 Å². The Morgan fingerprint density at radius 2 is 2.11 bits per heavy atom. The summed E-state index contributed by atoms with van der Waals surface area (Å²) in [4.78, 5) is 15.7. The zero-order chi connectivity index (χ0) is 19.9. The molecule has 144 valence electrons. The summed E-state index contributed by atoms with van der Waals surface area (Å²) in [6.07, 6.45) is -0.422. The van der Waals surface area contributed by atoms with Crippen molar-refractivity contribution in [1.82, 2.24) is 9.61 Å². The summed E-state index contributed by atoms with van der Waals surface area (Å²) in [7, 11) is 0. The summed E-state index contributed by atoms with van der Waals surface area (Å²) in [5, 5.41) is 6.70. The van der Waals surface area contributed by atoms with Gasteiger partial charge < -0.3 is 4.74 Å². The maximum atomic E-state index is 13.1. The first kappa shape index (κ1) is 20.2. The molecule has 0 radical (unpaired) electrons. The fourth-order valence-electron chi connectivity index (χ4n) is 2.86. The highest BCUT2D eigenvalue weighted by Crippen LogP contribution is 2.36. The molecule has 3 aromatic heterocycles. The van der Waals surface area contributed by atoms with Gasteiger partial charge in [-0.1, -0.05) is 17.7 Å². The van der Waals surface area contributed by atoms with Crippen LogP contribution in [0.5, 0.6) is 0 Å². The number of fused-ring (bicyclic) bond motifs is 1. The van der Waals surface area contributed by atoms with Crippen LogP contribution in [0.4, 0.5) is 10.5 Å². The Balaban J connectivity index is 2.19. The molecule has 0 bridgehead atoms. The van der Waals surface area contributed by atoms with E-state index >= 15 is 0 Å². The molecule has 0 aromatic carbocycles. The molecule has 3 aromatic rings. The van der Waals surface area contributed by atoms with Gasteiger partial charge in [0.05, 0.1) is 23.4 Å². The van der Waals surface area contributed by atoms with Gasteiger partial charge in [-0.15, -0.1) is 11.3 Å². The molecule has 3 rings (SSSR count). The van der Waals surface area contributed by atoms with E-state index in [4.69, 9.17) is 16.3 Å². The van der Waals surface area contributed by atoms with Crippen LogP contribution in [-0.4, -0.2) is 21.3 Å². The summed E-state index contributed by atoms with van der Waals surface area (Å²) >= 11 is 11.5. The van der Waals surface area contributed by atoms with Crippen molar-refractivity contribution in [1.29, 1.82) is 0 Å². The zero-order valence-electron chi connectivity index (χ0n) is 15.8. The molecule has 8 heteroatoms. The molecule has 3 heterocycles. The van der Waals surface area contributed by atoms with E-state index in [9.17, 15) is 4.79 Å². The van der Waals surface area contributed by atoms with E-state index in [1.807, 2.05) is 52.1 Å². The molecule has 0 aliphatic rings. The fraction of sp³-hybridized carbons (Fsp3) is 0.368. The molecule has 0 N–H and O–H groups in total. The monoisotopic (exact) mass is 469 g/mol. The van der Waals surface area contributed by atoms with Crippen molar-refractivity contribution in [3.05, 3.63) is 49.3 Å². The lowest BCUT2D eigenvalue weighted by atomic mass is 10.2. The standard InChI is InChI=1S/C19H21BrClN3O2S/c1-11-16(20)12(2)24-17(11)14(9-15(21)22-24)23(10-13-7-6-8-27-13)18(25)26-19(3,4)5/h6-9H,10H2,1-5H3. The molecule has 0 aliphatic carbocycles. The van der Waals surface area contributed by atoms with E-state index in [2.05, 4.69) is 21.0 Å². The summed E-state index contributed by atoms with van der Waals surface area (Å²) in [5.74, 6) is 0. The average Bonchev–Trinajstić information content (AvgIpc) is 3.14. The SMILES string of the molecule is Cc1c(Br)c(C)n2nc(Cl)cc(N(Cc3cccs3)C(=O)OC(C)(C)C)c12. The summed E-state index contributed by atoms with van der Waals surface area (Å²) in [6, 6.07) is 5.67. The fourth-order valence-corrected chi connectivity index (χ4v) is 4.08. The Hall–Kier alpha value is -1.57. The lowest BCUT2D eigenvalue weighted by Crippen LogP contribution is -2.36.